The number of hydrogen-bond acceptors (Lipinski definition) is 8. The molecule has 2 aliphatic heterocycles. The first-order valence-corrected chi connectivity index (χ1v) is 10.7. The minimum Gasteiger partial charge on any atom is -0.494 e. The summed E-state index contributed by atoms with van der Waals surface area (Å²) < 4.78 is 5.78. The minimum absolute atomic E-state index is 0.0244. The van der Waals surface area contributed by atoms with Crippen LogP contribution in [0.4, 0.5) is 17.3 Å². The Morgan fingerprint density at radius 2 is 1.88 bits per heavy atom. The average molecular weight is 438 g/mol. The number of aromatic nitrogens is 2. The largest absolute Gasteiger partial charge is 0.494 e. The summed E-state index contributed by atoms with van der Waals surface area (Å²) in [7, 11) is 1.99. The van der Waals surface area contributed by atoms with E-state index in [1.54, 1.807) is 6.20 Å². The van der Waals surface area contributed by atoms with Crippen LogP contribution in [0.5, 0.6) is 5.75 Å². The standard InChI is InChI=1S/C22H27N7O3/c1-29-9-7-23-18(30)6-3-11-32-16-5-2-4-15(12-16)25-13-17-19-20(24-8-10-29)26-14-27-21(19)28-22(17)31/h2,4-5,12-14,25H,3,6-11H2,1H3,(H,23,30)(H2,24,26,27,28,31)/b17-13-. The summed E-state index contributed by atoms with van der Waals surface area (Å²) in [4.78, 5) is 35.2. The lowest BCUT2D eigenvalue weighted by molar-refractivity contribution is -0.121. The number of nitrogens with zero attached hydrogens (tertiary/aromatic N) is 3. The molecule has 2 aliphatic rings. The fourth-order valence-corrected chi connectivity index (χ4v) is 3.50. The van der Waals surface area contributed by atoms with Gasteiger partial charge in [-0.15, -0.1) is 0 Å². The second kappa shape index (κ2) is 10.1. The Balaban J connectivity index is 1.57. The molecule has 2 bridgehead atoms. The first-order valence-electron chi connectivity index (χ1n) is 10.7. The summed E-state index contributed by atoms with van der Waals surface area (Å²) in [5.41, 5.74) is 1.87. The molecular weight excluding hydrogens is 410 g/mol. The van der Waals surface area contributed by atoms with Crippen molar-refractivity contribution >= 4 is 34.7 Å². The lowest BCUT2D eigenvalue weighted by Crippen LogP contribution is -2.35. The zero-order valence-corrected chi connectivity index (χ0v) is 18.0. The molecule has 0 aliphatic carbocycles. The highest BCUT2D eigenvalue weighted by Gasteiger charge is 2.29. The fourth-order valence-electron chi connectivity index (χ4n) is 3.50. The van der Waals surface area contributed by atoms with Crippen LogP contribution in [0.25, 0.3) is 5.57 Å². The number of carbonyl (C=O) groups excluding carboxylic acids is 2. The van der Waals surface area contributed by atoms with E-state index in [9.17, 15) is 9.59 Å². The second-order valence-electron chi connectivity index (χ2n) is 7.66. The maximum absolute atomic E-state index is 12.6. The Kier molecular flexibility index (Phi) is 6.81. The van der Waals surface area contributed by atoms with E-state index in [0.29, 0.717) is 61.1 Å². The molecule has 0 spiro atoms. The zero-order chi connectivity index (χ0) is 22.3. The van der Waals surface area contributed by atoms with Crippen LogP contribution in [0.15, 0.2) is 36.8 Å². The van der Waals surface area contributed by atoms with Gasteiger partial charge in [-0.2, -0.15) is 0 Å². The number of benzene rings is 1. The van der Waals surface area contributed by atoms with Gasteiger partial charge in [0.05, 0.1) is 17.7 Å². The van der Waals surface area contributed by atoms with Crippen LogP contribution >= 0.6 is 0 Å². The third kappa shape index (κ3) is 5.33. The number of hydrogen-bond donors (Lipinski definition) is 4. The van der Waals surface area contributed by atoms with Crippen LogP contribution in [-0.4, -0.2) is 66.5 Å². The number of rotatable bonds is 0. The third-order valence-corrected chi connectivity index (χ3v) is 5.23. The molecule has 4 rings (SSSR count). The first kappa shape index (κ1) is 21.6. The number of amides is 2. The molecule has 10 heteroatoms. The van der Waals surface area contributed by atoms with Crippen molar-refractivity contribution in [2.75, 3.05) is 55.8 Å². The molecule has 10 nitrogen and oxygen atoms in total. The molecule has 0 saturated carbocycles. The first-order chi connectivity index (χ1) is 15.6. The average Bonchev–Trinajstić information content (AvgIpc) is 3.11. The number of carbonyl (C=O) groups is 2. The third-order valence-electron chi connectivity index (χ3n) is 5.23. The van der Waals surface area contributed by atoms with Crippen molar-refractivity contribution in [2.24, 2.45) is 0 Å². The summed E-state index contributed by atoms with van der Waals surface area (Å²) in [5.74, 6) is 1.55. The SMILES string of the molecule is CN1CCNC(=O)CCCOc2cccc(c2)N/C=C2\C(=O)Nc3ncnc(c32)NCC1. The molecule has 2 aromatic rings. The van der Waals surface area contributed by atoms with Gasteiger partial charge in [0.25, 0.3) is 5.91 Å². The highest BCUT2D eigenvalue weighted by Crippen LogP contribution is 2.34. The van der Waals surface area contributed by atoms with Gasteiger partial charge in [0, 0.05) is 50.6 Å². The maximum Gasteiger partial charge on any atom is 0.259 e. The molecule has 1 aromatic carbocycles. The number of anilines is 3. The molecule has 2 amide bonds. The van der Waals surface area contributed by atoms with Crippen molar-refractivity contribution in [3.63, 3.8) is 0 Å². The fraction of sp³-hybridized carbons (Fsp3) is 0.364. The Morgan fingerprint density at radius 3 is 2.75 bits per heavy atom. The normalized spacial score (nSPS) is 19.7. The van der Waals surface area contributed by atoms with Crippen LogP contribution < -0.4 is 26.0 Å². The lowest BCUT2D eigenvalue weighted by Gasteiger charge is -2.18. The van der Waals surface area contributed by atoms with Gasteiger partial charge in [-0.3, -0.25) is 9.59 Å². The predicted octanol–water partition coefficient (Wildman–Crippen LogP) is 1.51. The van der Waals surface area contributed by atoms with Crippen molar-refractivity contribution in [2.45, 2.75) is 12.8 Å². The Morgan fingerprint density at radius 1 is 1.06 bits per heavy atom. The highest BCUT2D eigenvalue weighted by molar-refractivity contribution is 6.32. The van der Waals surface area contributed by atoms with E-state index in [1.807, 2.05) is 31.3 Å². The van der Waals surface area contributed by atoms with E-state index in [0.717, 1.165) is 18.8 Å². The second-order valence-corrected chi connectivity index (χ2v) is 7.66. The molecule has 0 fully saturated rings. The molecule has 0 atom stereocenters. The summed E-state index contributed by atoms with van der Waals surface area (Å²) in [6.45, 7) is 3.13. The van der Waals surface area contributed by atoms with Gasteiger partial charge in [-0.05, 0) is 25.6 Å². The van der Waals surface area contributed by atoms with Gasteiger partial charge < -0.3 is 30.9 Å². The van der Waals surface area contributed by atoms with E-state index in [-0.39, 0.29) is 11.8 Å². The highest BCUT2D eigenvalue weighted by atomic mass is 16.5. The monoisotopic (exact) mass is 437 g/mol. The maximum atomic E-state index is 12.6. The summed E-state index contributed by atoms with van der Waals surface area (Å²) >= 11 is 0. The van der Waals surface area contributed by atoms with Gasteiger partial charge in [0.15, 0.2) is 0 Å². The van der Waals surface area contributed by atoms with Crippen molar-refractivity contribution < 1.29 is 14.3 Å². The molecule has 3 heterocycles. The molecule has 32 heavy (non-hydrogen) atoms. The van der Waals surface area contributed by atoms with Crippen LogP contribution in [0.2, 0.25) is 0 Å². The minimum atomic E-state index is -0.238. The zero-order valence-electron chi connectivity index (χ0n) is 18.0. The molecule has 4 N–H and O–H groups in total. The Hall–Kier alpha value is -3.66. The number of likely N-dealkylation sites (N-methyl/N-ethyl adjacent to an activating group) is 1. The Labute approximate surface area is 186 Å². The summed E-state index contributed by atoms with van der Waals surface area (Å²) in [5, 5.41) is 12.2. The van der Waals surface area contributed by atoms with E-state index >= 15 is 0 Å². The Bertz CT molecular complexity index is 1020. The van der Waals surface area contributed by atoms with Gasteiger partial charge >= 0.3 is 0 Å². The van der Waals surface area contributed by atoms with Gasteiger partial charge in [-0.1, -0.05) is 6.07 Å². The van der Waals surface area contributed by atoms with Crippen LogP contribution in [0.1, 0.15) is 18.4 Å². The van der Waals surface area contributed by atoms with Crippen molar-refractivity contribution in [3.8, 4) is 5.75 Å². The molecular formula is C22H27N7O3. The van der Waals surface area contributed by atoms with Gasteiger partial charge in [0.2, 0.25) is 5.91 Å². The van der Waals surface area contributed by atoms with E-state index in [1.165, 1.54) is 6.33 Å². The summed E-state index contributed by atoms with van der Waals surface area (Å²) in [6.07, 6.45) is 4.14. The van der Waals surface area contributed by atoms with E-state index < -0.39 is 0 Å². The van der Waals surface area contributed by atoms with Gasteiger partial charge in [0.1, 0.15) is 23.7 Å². The van der Waals surface area contributed by atoms with Crippen LogP contribution in [-0.2, 0) is 9.59 Å². The smallest absolute Gasteiger partial charge is 0.259 e. The van der Waals surface area contributed by atoms with Crippen LogP contribution in [0.3, 0.4) is 0 Å². The number of nitrogens with one attached hydrogen (secondary N) is 4. The topological polar surface area (TPSA) is 121 Å². The van der Waals surface area contributed by atoms with E-state index in [4.69, 9.17) is 4.74 Å². The van der Waals surface area contributed by atoms with Crippen LogP contribution in [0, 0.1) is 0 Å². The van der Waals surface area contributed by atoms with Crippen molar-refractivity contribution in [1.82, 2.24) is 20.2 Å². The van der Waals surface area contributed by atoms with Crippen molar-refractivity contribution in [3.05, 3.63) is 42.4 Å². The van der Waals surface area contributed by atoms with Crippen molar-refractivity contribution in [1.29, 1.82) is 0 Å². The molecule has 1 aromatic heterocycles. The molecule has 0 unspecified atom stereocenters. The quantitative estimate of drug-likeness (QED) is 0.490. The van der Waals surface area contributed by atoms with Gasteiger partial charge in [-0.25, -0.2) is 9.97 Å². The molecule has 168 valence electrons. The van der Waals surface area contributed by atoms with E-state index in [2.05, 4.69) is 36.1 Å². The molecule has 0 saturated heterocycles. The molecule has 0 radical (unpaired) electrons. The summed E-state index contributed by atoms with van der Waals surface area (Å²) in [6, 6.07) is 7.45. The lowest BCUT2D eigenvalue weighted by atomic mass is 10.1. The number of fused-ring (bicyclic) bond motifs is 2. The number of ether oxygens (including phenoxy) is 1. The predicted molar refractivity (Wildman–Crippen MR) is 122 cm³/mol.